The Morgan fingerprint density at radius 3 is 2.52 bits per heavy atom. The Hall–Kier alpha value is -1.21. The number of methoxy groups -OCH3 is 1. The Balaban J connectivity index is 2.10. The van der Waals surface area contributed by atoms with Crippen LogP contribution in [0.5, 0.6) is 0 Å². The van der Waals surface area contributed by atoms with E-state index in [4.69, 9.17) is 4.74 Å². The standard InChI is InChI=1S/C15H16BrNO3S/c1-20-11-13-5-2-4-12(8-13)10-17-21(18,19)15-7-3-6-14(16)9-15/h2-9,17H,10-11H2,1H3. The maximum Gasteiger partial charge on any atom is 0.240 e. The van der Waals surface area contributed by atoms with Gasteiger partial charge in [0.2, 0.25) is 10.0 Å². The lowest BCUT2D eigenvalue weighted by Gasteiger charge is -2.08. The highest BCUT2D eigenvalue weighted by Gasteiger charge is 2.13. The molecule has 0 spiro atoms. The highest BCUT2D eigenvalue weighted by molar-refractivity contribution is 9.10. The molecule has 1 N–H and O–H groups in total. The van der Waals surface area contributed by atoms with E-state index in [0.29, 0.717) is 6.61 Å². The van der Waals surface area contributed by atoms with Gasteiger partial charge in [0.1, 0.15) is 0 Å². The lowest BCUT2D eigenvalue weighted by atomic mass is 10.1. The normalized spacial score (nSPS) is 11.5. The van der Waals surface area contributed by atoms with Crippen molar-refractivity contribution in [2.45, 2.75) is 18.0 Å². The SMILES string of the molecule is COCc1cccc(CNS(=O)(=O)c2cccc(Br)c2)c1. The smallest absolute Gasteiger partial charge is 0.240 e. The quantitative estimate of drug-likeness (QED) is 0.850. The van der Waals surface area contributed by atoms with Crippen molar-refractivity contribution in [3.8, 4) is 0 Å². The van der Waals surface area contributed by atoms with Gasteiger partial charge in [-0.2, -0.15) is 0 Å². The van der Waals surface area contributed by atoms with E-state index in [0.717, 1.165) is 15.6 Å². The molecule has 0 heterocycles. The first-order valence-corrected chi connectivity index (χ1v) is 8.61. The fourth-order valence-corrected chi connectivity index (χ4v) is 3.51. The van der Waals surface area contributed by atoms with Crippen LogP contribution < -0.4 is 4.72 Å². The van der Waals surface area contributed by atoms with Gasteiger partial charge >= 0.3 is 0 Å². The van der Waals surface area contributed by atoms with Crippen LogP contribution in [0.2, 0.25) is 0 Å². The van der Waals surface area contributed by atoms with Gasteiger partial charge in [-0.15, -0.1) is 0 Å². The molecule has 2 rings (SSSR count). The molecule has 2 aromatic rings. The van der Waals surface area contributed by atoms with E-state index >= 15 is 0 Å². The molecule has 2 aromatic carbocycles. The molecule has 0 amide bonds. The molecule has 0 aromatic heterocycles. The van der Waals surface area contributed by atoms with Gasteiger partial charge in [0.25, 0.3) is 0 Å². The van der Waals surface area contributed by atoms with E-state index < -0.39 is 10.0 Å². The number of ether oxygens (including phenoxy) is 1. The largest absolute Gasteiger partial charge is 0.380 e. The summed E-state index contributed by atoms with van der Waals surface area (Å²) in [6, 6.07) is 14.2. The maximum atomic E-state index is 12.2. The van der Waals surface area contributed by atoms with Gasteiger partial charge in [0, 0.05) is 18.1 Å². The van der Waals surface area contributed by atoms with Crippen molar-refractivity contribution < 1.29 is 13.2 Å². The molecular weight excluding hydrogens is 354 g/mol. The minimum absolute atomic E-state index is 0.241. The van der Waals surface area contributed by atoms with Crippen molar-refractivity contribution in [2.75, 3.05) is 7.11 Å². The molecule has 0 saturated carbocycles. The van der Waals surface area contributed by atoms with Crippen LogP contribution in [0, 0.1) is 0 Å². The van der Waals surface area contributed by atoms with Crippen LogP contribution in [0.15, 0.2) is 57.9 Å². The van der Waals surface area contributed by atoms with Crippen LogP contribution in [-0.2, 0) is 27.9 Å². The Morgan fingerprint density at radius 2 is 1.81 bits per heavy atom. The summed E-state index contributed by atoms with van der Waals surface area (Å²) in [4.78, 5) is 0.241. The lowest BCUT2D eigenvalue weighted by Crippen LogP contribution is -2.23. The Labute approximate surface area is 133 Å². The Morgan fingerprint density at radius 1 is 1.10 bits per heavy atom. The van der Waals surface area contributed by atoms with Crippen molar-refractivity contribution in [2.24, 2.45) is 0 Å². The van der Waals surface area contributed by atoms with Gasteiger partial charge in [-0.25, -0.2) is 13.1 Å². The molecule has 112 valence electrons. The summed E-state index contributed by atoms with van der Waals surface area (Å²) >= 11 is 3.27. The molecule has 4 nitrogen and oxygen atoms in total. The lowest BCUT2D eigenvalue weighted by molar-refractivity contribution is 0.185. The number of nitrogens with one attached hydrogen (secondary N) is 1. The fourth-order valence-electron chi connectivity index (χ4n) is 1.89. The predicted molar refractivity (Wildman–Crippen MR) is 85.3 cm³/mol. The van der Waals surface area contributed by atoms with Gasteiger partial charge in [-0.3, -0.25) is 0 Å². The van der Waals surface area contributed by atoms with Gasteiger partial charge in [-0.1, -0.05) is 46.3 Å². The highest BCUT2D eigenvalue weighted by Crippen LogP contribution is 2.16. The van der Waals surface area contributed by atoms with Crippen molar-refractivity contribution in [1.82, 2.24) is 4.72 Å². The van der Waals surface area contributed by atoms with Crippen LogP contribution in [0.25, 0.3) is 0 Å². The summed E-state index contributed by atoms with van der Waals surface area (Å²) in [5.74, 6) is 0. The van der Waals surface area contributed by atoms with E-state index in [-0.39, 0.29) is 11.4 Å². The first kappa shape index (κ1) is 16.2. The molecule has 0 radical (unpaired) electrons. The zero-order valence-corrected chi connectivity index (χ0v) is 13.9. The van der Waals surface area contributed by atoms with E-state index in [9.17, 15) is 8.42 Å². The molecule has 0 aliphatic carbocycles. The van der Waals surface area contributed by atoms with Crippen LogP contribution in [0.3, 0.4) is 0 Å². The number of sulfonamides is 1. The third-order valence-corrected chi connectivity index (χ3v) is 4.77. The molecule has 21 heavy (non-hydrogen) atoms. The van der Waals surface area contributed by atoms with Crippen LogP contribution >= 0.6 is 15.9 Å². The van der Waals surface area contributed by atoms with Gasteiger partial charge in [0.15, 0.2) is 0 Å². The van der Waals surface area contributed by atoms with Crippen molar-refractivity contribution in [3.05, 3.63) is 64.1 Å². The van der Waals surface area contributed by atoms with Gasteiger partial charge < -0.3 is 4.74 Å². The van der Waals surface area contributed by atoms with E-state index in [1.54, 1.807) is 31.4 Å². The number of hydrogen-bond acceptors (Lipinski definition) is 3. The van der Waals surface area contributed by atoms with Gasteiger partial charge in [-0.05, 0) is 29.3 Å². The molecule has 0 saturated heterocycles. The van der Waals surface area contributed by atoms with Crippen molar-refractivity contribution >= 4 is 26.0 Å². The van der Waals surface area contributed by atoms with Crippen LogP contribution in [0.1, 0.15) is 11.1 Å². The average Bonchev–Trinajstić information content (AvgIpc) is 2.46. The molecule has 0 aliphatic heterocycles. The highest BCUT2D eigenvalue weighted by atomic mass is 79.9. The maximum absolute atomic E-state index is 12.2. The zero-order chi connectivity index (χ0) is 15.3. The summed E-state index contributed by atoms with van der Waals surface area (Å²) in [7, 11) is -1.89. The van der Waals surface area contributed by atoms with Crippen molar-refractivity contribution in [1.29, 1.82) is 0 Å². The Bertz CT molecular complexity index is 716. The monoisotopic (exact) mass is 369 g/mol. The zero-order valence-electron chi connectivity index (χ0n) is 11.5. The topological polar surface area (TPSA) is 55.4 Å². The molecule has 6 heteroatoms. The third-order valence-electron chi connectivity index (χ3n) is 2.88. The van der Waals surface area contributed by atoms with E-state index in [2.05, 4.69) is 20.7 Å². The molecule has 0 unspecified atom stereocenters. The first-order valence-electron chi connectivity index (χ1n) is 6.33. The second-order valence-corrected chi connectivity index (χ2v) is 7.22. The molecule has 0 aliphatic rings. The second kappa shape index (κ2) is 7.17. The minimum Gasteiger partial charge on any atom is -0.380 e. The van der Waals surface area contributed by atoms with Gasteiger partial charge in [0.05, 0.1) is 11.5 Å². The van der Waals surface area contributed by atoms with Crippen LogP contribution in [-0.4, -0.2) is 15.5 Å². The summed E-state index contributed by atoms with van der Waals surface area (Å²) < 4.78 is 32.8. The number of hydrogen-bond donors (Lipinski definition) is 1. The fraction of sp³-hybridized carbons (Fsp3) is 0.200. The molecule has 0 bridgehead atoms. The number of halogens is 1. The molecule has 0 fully saturated rings. The van der Waals surface area contributed by atoms with E-state index in [1.807, 2.05) is 24.3 Å². The second-order valence-electron chi connectivity index (χ2n) is 4.53. The minimum atomic E-state index is -3.52. The Kier molecular flexibility index (Phi) is 5.52. The summed E-state index contributed by atoms with van der Waals surface area (Å²) in [5.41, 5.74) is 1.90. The average molecular weight is 370 g/mol. The van der Waals surface area contributed by atoms with Crippen molar-refractivity contribution in [3.63, 3.8) is 0 Å². The number of benzene rings is 2. The number of rotatable bonds is 6. The van der Waals surface area contributed by atoms with E-state index in [1.165, 1.54) is 0 Å². The summed E-state index contributed by atoms with van der Waals surface area (Å²) in [6.45, 7) is 0.749. The predicted octanol–water partition coefficient (Wildman–Crippen LogP) is 3.07. The summed E-state index contributed by atoms with van der Waals surface area (Å²) in [5, 5.41) is 0. The first-order chi connectivity index (χ1) is 10.0. The molecular formula is C15H16BrNO3S. The molecule has 0 atom stereocenters. The summed E-state index contributed by atoms with van der Waals surface area (Å²) in [6.07, 6.45) is 0. The third kappa shape index (κ3) is 4.64. The van der Waals surface area contributed by atoms with Crippen LogP contribution in [0.4, 0.5) is 0 Å².